The molecule has 1 atom stereocenters. The zero-order valence-corrected chi connectivity index (χ0v) is 12.4. The Morgan fingerprint density at radius 3 is 2.78 bits per heavy atom. The fourth-order valence-corrected chi connectivity index (χ4v) is 3.37. The number of nitrogens with two attached hydrogens (primary N) is 1. The van der Waals surface area contributed by atoms with Gasteiger partial charge in [-0.05, 0) is 46.1 Å². The Labute approximate surface area is 122 Å². The van der Waals surface area contributed by atoms with E-state index < -0.39 is 5.82 Å². The fourth-order valence-electron chi connectivity index (χ4n) is 1.68. The van der Waals surface area contributed by atoms with E-state index in [1.807, 2.05) is 12.1 Å². The summed E-state index contributed by atoms with van der Waals surface area (Å²) in [6.45, 7) is 0. The highest BCUT2D eigenvalue weighted by molar-refractivity contribution is 9.11. The minimum atomic E-state index is -0.405. The minimum absolute atomic E-state index is 0.0828. The van der Waals surface area contributed by atoms with Crippen molar-refractivity contribution < 1.29 is 4.39 Å². The van der Waals surface area contributed by atoms with Crippen molar-refractivity contribution in [3.8, 4) is 0 Å². The van der Waals surface area contributed by atoms with Crippen LogP contribution in [0.15, 0.2) is 34.1 Å². The topological polar surface area (TPSA) is 38.0 Å². The first-order valence-electron chi connectivity index (χ1n) is 5.26. The maximum absolute atomic E-state index is 13.4. The van der Waals surface area contributed by atoms with E-state index in [2.05, 4.69) is 21.4 Å². The molecule has 18 heavy (non-hydrogen) atoms. The normalized spacial score (nSPS) is 12.7. The molecule has 1 heterocycles. The number of hydrogen-bond acceptors (Lipinski definition) is 3. The molecule has 0 bridgehead atoms. The van der Waals surface area contributed by atoms with Gasteiger partial charge < -0.3 is 0 Å². The first-order chi connectivity index (χ1) is 8.61. The molecule has 0 fully saturated rings. The smallest absolute Gasteiger partial charge is 0.142 e. The Balaban J connectivity index is 2.23. The van der Waals surface area contributed by atoms with E-state index in [1.165, 1.54) is 6.07 Å². The molecule has 0 aliphatic carbocycles. The van der Waals surface area contributed by atoms with Gasteiger partial charge in [0, 0.05) is 4.88 Å². The molecule has 6 heteroatoms. The molecular weight excluding hydrogens is 339 g/mol. The van der Waals surface area contributed by atoms with Crippen molar-refractivity contribution in [1.82, 2.24) is 5.43 Å². The summed E-state index contributed by atoms with van der Waals surface area (Å²) < 4.78 is 14.4. The quantitative estimate of drug-likeness (QED) is 0.645. The van der Waals surface area contributed by atoms with Crippen LogP contribution in [0.4, 0.5) is 4.39 Å². The van der Waals surface area contributed by atoms with Gasteiger partial charge in [0.05, 0.1) is 14.9 Å². The maximum atomic E-state index is 13.4. The van der Waals surface area contributed by atoms with Crippen molar-refractivity contribution >= 4 is 38.9 Å². The van der Waals surface area contributed by atoms with Crippen LogP contribution in [-0.4, -0.2) is 0 Å². The van der Waals surface area contributed by atoms with Crippen LogP contribution in [0.3, 0.4) is 0 Å². The van der Waals surface area contributed by atoms with Crippen LogP contribution in [0.1, 0.15) is 16.5 Å². The molecule has 3 N–H and O–H groups in total. The summed E-state index contributed by atoms with van der Waals surface area (Å²) in [6, 6.07) is 8.65. The summed E-state index contributed by atoms with van der Waals surface area (Å²) in [7, 11) is 0. The average molecular weight is 350 g/mol. The molecule has 0 saturated heterocycles. The van der Waals surface area contributed by atoms with E-state index >= 15 is 0 Å². The van der Waals surface area contributed by atoms with Crippen LogP contribution in [0.5, 0.6) is 0 Å². The van der Waals surface area contributed by atoms with Gasteiger partial charge in [-0.15, -0.1) is 11.3 Å². The number of benzene rings is 1. The molecule has 1 unspecified atom stereocenters. The van der Waals surface area contributed by atoms with Crippen LogP contribution < -0.4 is 11.3 Å². The van der Waals surface area contributed by atoms with E-state index in [9.17, 15) is 4.39 Å². The van der Waals surface area contributed by atoms with Crippen LogP contribution in [-0.2, 0) is 6.42 Å². The Morgan fingerprint density at radius 1 is 1.39 bits per heavy atom. The fraction of sp³-hybridized carbons (Fsp3) is 0.167. The summed E-state index contributed by atoms with van der Waals surface area (Å²) >= 11 is 10.9. The first kappa shape index (κ1) is 14.0. The number of thiophene rings is 1. The summed E-state index contributed by atoms with van der Waals surface area (Å²) in [5, 5.41) is 0.161. The summed E-state index contributed by atoms with van der Waals surface area (Å²) in [5.41, 5.74) is 3.48. The predicted molar refractivity (Wildman–Crippen MR) is 77.2 cm³/mol. The number of hydrogen-bond donors (Lipinski definition) is 2. The van der Waals surface area contributed by atoms with Crippen LogP contribution in [0.2, 0.25) is 5.02 Å². The van der Waals surface area contributed by atoms with Crippen molar-refractivity contribution in [2.45, 2.75) is 12.5 Å². The van der Waals surface area contributed by atoms with Crippen molar-refractivity contribution in [3.05, 3.63) is 55.4 Å². The number of halogens is 3. The Hall–Kier alpha value is -0.460. The lowest BCUT2D eigenvalue weighted by atomic mass is 10.0. The average Bonchev–Trinajstić information content (AvgIpc) is 2.78. The Morgan fingerprint density at radius 2 is 2.17 bits per heavy atom. The van der Waals surface area contributed by atoms with Gasteiger partial charge in [-0.2, -0.15) is 0 Å². The van der Waals surface area contributed by atoms with Gasteiger partial charge in [-0.3, -0.25) is 11.3 Å². The van der Waals surface area contributed by atoms with E-state index in [0.29, 0.717) is 6.42 Å². The van der Waals surface area contributed by atoms with E-state index in [0.717, 1.165) is 14.2 Å². The lowest BCUT2D eigenvalue weighted by Gasteiger charge is -2.15. The van der Waals surface area contributed by atoms with E-state index in [-0.39, 0.29) is 11.1 Å². The van der Waals surface area contributed by atoms with E-state index in [1.54, 1.807) is 23.5 Å². The molecule has 2 rings (SSSR count). The molecule has 2 aromatic rings. The third-order valence-electron chi connectivity index (χ3n) is 2.59. The molecule has 96 valence electrons. The van der Waals surface area contributed by atoms with Crippen molar-refractivity contribution in [2.24, 2.45) is 5.84 Å². The third kappa shape index (κ3) is 3.10. The second kappa shape index (κ2) is 6.12. The molecule has 1 aromatic heterocycles. The van der Waals surface area contributed by atoms with Crippen molar-refractivity contribution in [1.29, 1.82) is 0 Å². The van der Waals surface area contributed by atoms with Gasteiger partial charge in [-0.1, -0.05) is 23.7 Å². The highest BCUT2D eigenvalue weighted by Gasteiger charge is 2.15. The van der Waals surface area contributed by atoms with Gasteiger partial charge in [-0.25, -0.2) is 4.39 Å². The first-order valence-corrected chi connectivity index (χ1v) is 7.25. The predicted octanol–water partition coefficient (Wildman–Crippen LogP) is 4.05. The van der Waals surface area contributed by atoms with Gasteiger partial charge in [0.1, 0.15) is 5.82 Å². The van der Waals surface area contributed by atoms with Gasteiger partial charge in [0.2, 0.25) is 0 Å². The summed E-state index contributed by atoms with van der Waals surface area (Å²) in [4.78, 5) is 1.07. The highest BCUT2D eigenvalue weighted by Crippen LogP contribution is 2.31. The monoisotopic (exact) mass is 348 g/mol. The molecular formula is C12H11BrClFN2S. The van der Waals surface area contributed by atoms with Gasteiger partial charge in [0.25, 0.3) is 0 Å². The molecule has 0 saturated carbocycles. The molecule has 0 spiro atoms. The molecule has 0 aliphatic heterocycles. The maximum Gasteiger partial charge on any atom is 0.142 e. The second-order valence-electron chi connectivity index (χ2n) is 3.78. The number of rotatable bonds is 4. The summed E-state index contributed by atoms with van der Waals surface area (Å²) in [6.07, 6.45) is 0.542. The standard InChI is InChI=1S/C12H11BrClFN2S/c13-11-5-4-10(18-11)9(17-16)6-7-2-1-3-8(15)12(7)14/h1-5,9,17H,6,16H2. The second-order valence-corrected chi connectivity index (χ2v) is 6.65. The Bertz CT molecular complexity index is 547. The van der Waals surface area contributed by atoms with Crippen molar-refractivity contribution in [3.63, 3.8) is 0 Å². The van der Waals surface area contributed by atoms with Crippen LogP contribution >= 0.6 is 38.9 Å². The largest absolute Gasteiger partial charge is 0.271 e. The molecule has 2 nitrogen and oxygen atoms in total. The number of nitrogens with one attached hydrogen (secondary N) is 1. The van der Waals surface area contributed by atoms with Crippen molar-refractivity contribution in [2.75, 3.05) is 0 Å². The third-order valence-corrected chi connectivity index (χ3v) is 4.75. The SMILES string of the molecule is NNC(Cc1cccc(F)c1Cl)c1ccc(Br)s1. The highest BCUT2D eigenvalue weighted by atomic mass is 79.9. The molecule has 0 amide bonds. The molecule has 1 aromatic carbocycles. The van der Waals surface area contributed by atoms with Crippen LogP contribution in [0, 0.1) is 5.82 Å². The zero-order chi connectivity index (χ0) is 13.1. The lowest BCUT2D eigenvalue weighted by molar-refractivity contribution is 0.557. The van der Waals surface area contributed by atoms with Gasteiger partial charge in [0.15, 0.2) is 0 Å². The minimum Gasteiger partial charge on any atom is -0.271 e. The zero-order valence-electron chi connectivity index (χ0n) is 9.29. The number of hydrazine groups is 1. The lowest BCUT2D eigenvalue weighted by Crippen LogP contribution is -2.29. The molecule has 0 aliphatic rings. The van der Waals surface area contributed by atoms with E-state index in [4.69, 9.17) is 17.4 Å². The molecule has 0 radical (unpaired) electrons. The summed E-state index contributed by atoms with van der Waals surface area (Å²) in [5.74, 6) is 5.15. The van der Waals surface area contributed by atoms with Gasteiger partial charge >= 0.3 is 0 Å². The Kier molecular flexibility index (Phi) is 4.75. The van der Waals surface area contributed by atoms with Crippen LogP contribution in [0.25, 0.3) is 0 Å².